The van der Waals surface area contributed by atoms with Gasteiger partial charge in [0.2, 0.25) is 0 Å². The lowest BCUT2D eigenvalue weighted by Gasteiger charge is -2.07. The highest BCUT2D eigenvalue weighted by molar-refractivity contribution is 9.11. The van der Waals surface area contributed by atoms with Crippen molar-refractivity contribution in [2.24, 2.45) is 0 Å². The third-order valence-corrected chi connectivity index (χ3v) is 3.88. The summed E-state index contributed by atoms with van der Waals surface area (Å²) in [4.78, 5) is 8.40. The van der Waals surface area contributed by atoms with E-state index in [0.29, 0.717) is 27.4 Å². The quantitative estimate of drug-likeness (QED) is 0.843. The lowest BCUT2D eigenvalue weighted by atomic mass is 10.2. The molecule has 1 aromatic carbocycles. The van der Waals surface area contributed by atoms with Crippen molar-refractivity contribution in [1.82, 2.24) is 9.97 Å². The van der Waals surface area contributed by atoms with E-state index in [9.17, 15) is 4.39 Å². The first-order valence-corrected chi connectivity index (χ1v) is 6.32. The van der Waals surface area contributed by atoms with Crippen molar-refractivity contribution in [1.29, 1.82) is 0 Å². The van der Waals surface area contributed by atoms with Crippen molar-refractivity contribution in [2.75, 3.05) is 5.73 Å². The van der Waals surface area contributed by atoms with Gasteiger partial charge in [0.15, 0.2) is 5.82 Å². The van der Waals surface area contributed by atoms with Crippen LogP contribution in [0.3, 0.4) is 0 Å². The van der Waals surface area contributed by atoms with Crippen molar-refractivity contribution in [2.45, 2.75) is 6.92 Å². The fraction of sp³-hybridized carbons (Fsp3) is 0.0909. The number of aromatic nitrogens is 2. The first kappa shape index (κ1) is 12.4. The van der Waals surface area contributed by atoms with Gasteiger partial charge in [-0.15, -0.1) is 0 Å². The maximum Gasteiger partial charge on any atom is 0.163 e. The van der Waals surface area contributed by atoms with Gasteiger partial charge in [-0.25, -0.2) is 14.4 Å². The van der Waals surface area contributed by atoms with Gasteiger partial charge >= 0.3 is 0 Å². The van der Waals surface area contributed by atoms with Crippen LogP contribution in [0.4, 0.5) is 10.2 Å². The van der Waals surface area contributed by atoms with Gasteiger partial charge in [-0.05, 0) is 41.1 Å². The molecule has 0 saturated carbocycles. The Morgan fingerprint density at radius 2 is 1.94 bits per heavy atom. The van der Waals surface area contributed by atoms with E-state index in [1.54, 1.807) is 13.0 Å². The van der Waals surface area contributed by atoms with E-state index in [2.05, 4.69) is 41.8 Å². The van der Waals surface area contributed by atoms with E-state index in [1.807, 2.05) is 0 Å². The molecule has 0 aliphatic carbocycles. The lowest BCUT2D eigenvalue weighted by molar-refractivity contribution is 0.628. The smallest absolute Gasteiger partial charge is 0.163 e. The average Bonchev–Trinajstić information content (AvgIpc) is 2.28. The first-order valence-electron chi connectivity index (χ1n) is 4.74. The van der Waals surface area contributed by atoms with E-state index in [1.165, 1.54) is 12.1 Å². The molecule has 2 rings (SSSR count). The van der Waals surface area contributed by atoms with Crippen LogP contribution in [-0.4, -0.2) is 9.97 Å². The van der Waals surface area contributed by atoms with Gasteiger partial charge in [-0.2, -0.15) is 0 Å². The third kappa shape index (κ3) is 2.47. The Morgan fingerprint density at radius 3 is 2.59 bits per heavy atom. The summed E-state index contributed by atoms with van der Waals surface area (Å²) in [6.07, 6.45) is 0. The van der Waals surface area contributed by atoms with Crippen LogP contribution >= 0.6 is 31.9 Å². The van der Waals surface area contributed by atoms with Gasteiger partial charge in [0.25, 0.3) is 0 Å². The fourth-order valence-electron chi connectivity index (χ4n) is 1.37. The highest BCUT2D eigenvalue weighted by atomic mass is 79.9. The Balaban J connectivity index is 2.64. The zero-order chi connectivity index (χ0) is 12.6. The van der Waals surface area contributed by atoms with E-state index in [4.69, 9.17) is 5.73 Å². The van der Waals surface area contributed by atoms with Crippen molar-refractivity contribution in [3.05, 3.63) is 38.7 Å². The van der Waals surface area contributed by atoms with Gasteiger partial charge in [0, 0.05) is 10.0 Å². The van der Waals surface area contributed by atoms with Crippen molar-refractivity contribution < 1.29 is 4.39 Å². The number of nitrogens with zero attached hydrogens (tertiary/aromatic N) is 2. The van der Waals surface area contributed by atoms with E-state index in [0.717, 1.165) is 4.47 Å². The summed E-state index contributed by atoms with van der Waals surface area (Å²) in [5.74, 6) is 0.393. The molecule has 0 unspecified atom stereocenters. The van der Waals surface area contributed by atoms with Gasteiger partial charge in [0.1, 0.15) is 11.6 Å². The molecule has 88 valence electrons. The zero-order valence-electron chi connectivity index (χ0n) is 8.84. The topological polar surface area (TPSA) is 51.8 Å². The molecular formula is C11H8Br2FN3. The molecule has 0 atom stereocenters. The van der Waals surface area contributed by atoms with Gasteiger partial charge in [0.05, 0.1) is 10.2 Å². The number of aryl methyl sites for hydroxylation is 1. The molecule has 0 fully saturated rings. The van der Waals surface area contributed by atoms with Crippen molar-refractivity contribution >= 4 is 37.7 Å². The van der Waals surface area contributed by atoms with Crippen molar-refractivity contribution in [3.8, 4) is 11.4 Å². The Bertz CT molecular complexity index is 564. The number of hydrogen-bond donors (Lipinski definition) is 1. The van der Waals surface area contributed by atoms with E-state index < -0.39 is 0 Å². The molecule has 1 heterocycles. The molecule has 0 radical (unpaired) electrons. The fourth-order valence-corrected chi connectivity index (χ4v) is 1.97. The molecule has 6 heteroatoms. The lowest BCUT2D eigenvalue weighted by Crippen LogP contribution is -2.00. The Labute approximate surface area is 115 Å². The number of hydrogen-bond acceptors (Lipinski definition) is 3. The van der Waals surface area contributed by atoms with Crippen LogP contribution in [0.25, 0.3) is 11.4 Å². The second-order valence-corrected chi connectivity index (χ2v) is 5.10. The Kier molecular flexibility index (Phi) is 3.44. The highest BCUT2D eigenvalue weighted by Crippen LogP contribution is 2.29. The van der Waals surface area contributed by atoms with Crippen LogP contribution < -0.4 is 5.73 Å². The molecule has 1 aromatic heterocycles. The number of anilines is 1. The predicted molar refractivity (Wildman–Crippen MR) is 72.0 cm³/mol. The van der Waals surface area contributed by atoms with Crippen LogP contribution in [-0.2, 0) is 0 Å². The minimum Gasteiger partial charge on any atom is -0.383 e. The standard InChI is InChI=1S/C11H8Br2FN3/c1-5-9(13)10(15)17-11(16-5)7-4-6(14)2-3-8(7)12/h2-4H,1H3,(H2,15,16,17). The maximum absolute atomic E-state index is 13.2. The molecule has 0 spiro atoms. The summed E-state index contributed by atoms with van der Waals surface area (Å²) in [7, 11) is 0. The maximum atomic E-state index is 13.2. The van der Waals surface area contributed by atoms with Crippen LogP contribution in [0.15, 0.2) is 27.1 Å². The summed E-state index contributed by atoms with van der Waals surface area (Å²) < 4.78 is 14.6. The molecule has 17 heavy (non-hydrogen) atoms. The predicted octanol–water partition coefficient (Wildman–Crippen LogP) is 3.70. The average molecular weight is 361 g/mol. The van der Waals surface area contributed by atoms with Gasteiger partial charge in [-0.3, -0.25) is 0 Å². The molecular weight excluding hydrogens is 353 g/mol. The SMILES string of the molecule is Cc1nc(-c2cc(F)ccc2Br)nc(N)c1Br. The van der Waals surface area contributed by atoms with Crippen LogP contribution in [0.1, 0.15) is 5.69 Å². The second-order valence-electron chi connectivity index (χ2n) is 3.46. The minimum atomic E-state index is -0.342. The number of nitrogen functional groups attached to an aromatic ring is 1. The van der Waals surface area contributed by atoms with E-state index in [-0.39, 0.29) is 5.82 Å². The number of benzene rings is 1. The van der Waals surface area contributed by atoms with Crippen molar-refractivity contribution in [3.63, 3.8) is 0 Å². The van der Waals surface area contributed by atoms with Gasteiger partial charge < -0.3 is 5.73 Å². The summed E-state index contributed by atoms with van der Waals surface area (Å²) in [6.45, 7) is 1.80. The molecule has 0 aliphatic rings. The summed E-state index contributed by atoms with van der Waals surface area (Å²) >= 11 is 6.62. The Morgan fingerprint density at radius 1 is 1.24 bits per heavy atom. The highest BCUT2D eigenvalue weighted by Gasteiger charge is 2.11. The zero-order valence-corrected chi connectivity index (χ0v) is 12.0. The summed E-state index contributed by atoms with van der Waals surface area (Å²) in [6, 6.07) is 4.34. The minimum absolute atomic E-state index is 0.337. The third-order valence-electron chi connectivity index (χ3n) is 2.21. The molecule has 0 saturated heterocycles. The molecule has 0 aliphatic heterocycles. The largest absolute Gasteiger partial charge is 0.383 e. The first-order chi connectivity index (χ1) is 7.99. The molecule has 2 N–H and O–H groups in total. The van der Waals surface area contributed by atoms with Crippen LogP contribution in [0, 0.1) is 12.7 Å². The number of nitrogens with two attached hydrogens (primary N) is 1. The van der Waals surface area contributed by atoms with Crippen LogP contribution in [0.2, 0.25) is 0 Å². The Hall–Kier alpha value is -1.01. The van der Waals surface area contributed by atoms with E-state index >= 15 is 0 Å². The number of halogens is 3. The molecule has 3 nitrogen and oxygen atoms in total. The second kappa shape index (κ2) is 4.70. The van der Waals surface area contributed by atoms with Crippen LogP contribution in [0.5, 0.6) is 0 Å². The summed E-state index contributed by atoms with van der Waals surface area (Å²) in [5, 5.41) is 0. The summed E-state index contributed by atoms with van der Waals surface area (Å²) in [5.41, 5.74) is 7.03. The molecule has 2 aromatic rings. The van der Waals surface area contributed by atoms with Gasteiger partial charge in [-0.1, -0.05) is 15.9 Å². The monoisotopic (exact) mass is 359 g/mol. The normalized spacial score (nSPS) is 10.6. The molecule has 0 amide bonds. The molecule has 0 bridgehead atoms. The number of rotatable bonds is 1.